The van der Waals surface area contributed by atoms with E-state index in [1.807, 2.05) is 111 Å². The van der Waals surface area contributed by atoms with Crippen molar-refractivity contribution in [2.24, 2.45) is 11.8 Å². The molecule has 63 heavy (non-hydrogen) atoms. The van der Waals surface area contributed by atoms with Gasteiger partial charge in [-0.25, -0.2) is 14.4 Å². The van der Waals surface area contributed by atoms with Gasteiger partial charge in [0.2, 0.25) is 5.79 Å². The molecular weight excluding hydrogens is 809 g/mol. The van der Waals surface area contributed by atoms with Crippen LogP contribution in [0.1, 0.15) is 124 Å². The number of piperidine rings is 1. The maximum absolute atomic E-state index is 14.1. The van der Waals surface area contributed by atoms with Gasteiger partial charge >= 0.3 is 18.2 Å². The third-order valence-corrected chi connectivity index (χ3v) is 10.8. The summed E-state index contributed by atoms with van der Waals surface area (Å²) in [6.45, 7) is 23.2. The number of carbonyl (C=O) groups is 3. The van der Waals surface area contributed by atoms with E-state index in [4.69, 9.17) is 37.9 Å². The Balaban J connectivity index is 1.45. The number of amides is 2. The molecule has 5 rings (SSSR count). The minimum absolute atomic E-state index is 0.0332. The Labute approximate surface area is 373 Å². The number of esters is 1. The zero-order valence-corrected chi connectivity index (χ0v) is 39.5. The first kappa shape index (κ1) is 49.4. The topological polar surface area (TPSA) is 152 Å². The summed E-state index contributed by atoms with van der Waals surface area (Å²) in [5, 5.41) is 10.3. The summed E-state index contributed by atoms with van der Waals surface area (Å²) < 4.78 is 48.3. The third-order valence-electron chi connectivity index (χ3n) is 10.8. The molecule has 0 bridgehead atoms. The van der Waals surface area contributed by atoms with E-state index < -0.39 is 59.3 Å². The molecule has 14 nitrogen and oxygen atoms in total. The summed E-state index contributed by atoms with van der Waals surface area (Å²) in [6, 6.07) is 11.1. The van der Waals surface area contributed by atoms with Gasteiger partial charge in [-0.15, -0.1) is 0 Å². The number of carbonyl (C=O) groups excluding carboxylic acids is 3. The molecule has 0 spiro atoms. The summed E-state index contributed by atoms with van der Waals surface area (Å²) >= 11 is 0. The Hall–Kier alpha value is -4.63. The summed E-state index contributed by atoms with van der Waals surface area (Å²) in [4.78, 5) is 43.9. The van der Waals surface area contributed by atoms with Gasteiger partial charge in [0.1, 0.15) is 40.5 Å². The largest absolute Gasteiger partial charge is 0.497 e. The van der Waals surface area contributed by atoms with Crippen LogP contribution in [0, 0.1) is 11.8 Å². The molecule has 3 heterocycles. The second kappa shape index (κ2) is 20.0. The van der Waals surface area contributed by atoms with E-state index in [0.717, 1.165) is 11.3 Å². The number of methoxy groups -OCH3 is 1. The number of likely N-dealkylation sites (tertiary alicyclic amines) is 1. The van der Waals surface area contributed by atoms with Crippen molar-refractivity contribution in [1.82, 2.24) is 4.90 Å². The maximum atomic E-state index is 14.1. The van der Waals surface area contributed by atoms with Gasteiger partial charge in [0.25, 0.3) is 0 Å². The van der Waals surface area contributed by atoms with Crippen molar-refractivity contribution >= 4 is 29.9 Å². The van der Waals surface area contributed by atoms with Crippen LogP contribution < -0.4 is 14.4 Å². The standard InChI is InChI=1S/C49H70N2O12/c1-31(32(2)52)17-22-38(57-30-34-18-20-37(56-13)21-19-34)42-39(58-48(9,10)60-42)16-14-15-35-27-36(28-40-41(35)43(53)61-49(11,12)59-40)51(45(55)63-47(6,7)8)29-33-23-25-50(26-24-33)44(54)62-46(3,4)5/h14-15,17-22,27-28,31-33,38-39,42,52H,16,23-26,29-30H2,1-13H3/b15-14+,22-17-/t31-,32+,38-,39+,42-/m1/s1. The van der Waals surface area contributed by atoms with Crippen LogP contribution in [0.3, 0.4) is 0 Å². The number of nitrogens with zero attached hydrogens (tertiary/aromatic N) is 2. The lowest BCUT2D eigenvalue weighted by molar-refractivity contribution is -0.156. The Morgan fingerprint density at radius 2 is 1.57 bits per heavy atom. The molecule has 2 fully saturated rings. The molecule has 3 aliphatic rings. The number of aliphatic hydroxyl groups is 1. The van der Waals surface area contributed by atoms with Gasteiger partial charge in [-0.05, 0) is 123 Å². The summed E-state index contributed by atoms with van der Waals surface area (Å²) in [6.07, 6.45) is 6.18. The van der Waals surface area contributed by atoms with Crippen molar-refractivity contribution in [3.63, 3.8) is 0 Å². The van der Waals surface area contributed by atoms with Gasteiger partial charge in [-0.2, -0.15) is 0 Å². The van der Waals surface area contributed by atoms with Crippen molar-refractivity contribution in [2.45, 2.75) is 156 Å². The molecule has 3 aliphatic heterocycles. The molecule has 5 atom stereocenters. The predicted molar refractivity (Wildman–Crippen MR) is 240 cm³/mol. The highest BCUT2D eigenvalue weighted by atomic mass is 16.8. The van der Waals surface area contributed by atoms with Crippen molar-refractivity contribution < 1.29 is 57.4 Å². The maximum Gasteiger partial charge on any atom is 0.414 e. The number of anilines is 1. The minimum Gasteiger partial charge on any atom is -0.497 e. The number of aliphatic hydroxyl groups excluding tert-OH is 1. The molecular formula is C49H70N2O12. The summed E-state index contributed by atoms with van der Waals surface area (Å²) in [7, 11) is 1.62. The first-order valence-electron chi connectivity index (χ1n) is 22.0. The van der Waals surface area contributed by atoms with Crippen molar-refractivity contribution in [3.8, 4) is 11.5 Å². The fraction of sp³-hybridized carbons (Fsp3) is 0.612. The summed E-state index contributed by atoms with van der Waals surface area (Å²) in [5.74, 6) is -1.85. The number of fused-ring (bicyclic) bond motifs is 1. The van der Waals surface area contributed by atoms with E-state index in [1.165, 1.54) is 0 Å². The van der Waals surface area contributed by atoms with Gasteiger partial charge in [-0.3, -0.25) is 4.90 Å². The normalized spacial score (nSPS) is 21.6. The molecule has 0 unspecified atom stereocenters. The van der Waals surface area contributed by atoms with Gasteiger partial charge in [0.15, 0.2) is 5.79 Å². The Kier molecular flexibility index (Phi) is 15.7. The fourth-order valence-corrected chi connectivity index (χ4v) is 7.53. The quantitative estimate of drug-likeness (QED) is 0.109. The van der Waals surface area contributed by atoms with Crippen molar-refractivity contribution in [2.75, 3.05) is 31.6 Å². The van der Waals surface area contributed by atoms with Gasteiger partial charge in [0, 0.05) is 39.5 Å². The first-order chi connectivity index (χ1) is 29.3. The van der Waals surface area contributed by atoms with Gasteiger partial charge in [-0.1, -0.05) is 43.4 Å². The number of ether oxygens (including phenoxy) is 8. The average Bonchev–Trinajstić information content (AvgIpc) is 3.48. The fourth-order valence-electron chi connectivity index (χ4n) is 7.53. The number of cyclic esters (lactones) is 1. The lowest BCUT2D eigenvalue weighted by Crippen LogP contribution is -2.45. The van der Waals surface area contributed by atoms with E-state index in [-0.39, 0.29) is 29.2 Å². The zero-order chi connectivity index (χ0) is 46.5. The van der Waals surface area contributed by atoms with Crippen LogP contribution in [0.5, 0.6) is 11.5 Å². The number of rotatable bonds is 14. The molecule has 0 aliphatic carbocycles. The lowest BCUT2D eigenvalue weighted by Gasteiger charge is -2.37. The number of benzene rings is 2. The molecule has 0 saturated carbocycles. The van der Waals surface area contributed by atoms with Crippen LogP contribution in [0.2, 0.25) is 0 Å². The molecule has 0 radical (unpaired) electrons. The minimum atomic E-state index is -1.26. The molecule has 2 saturated heterocycles. The average molecular weight is 879 g/mol. The van der Waals surface area contributed by atoms with E-state index in [9.17, 15) is 19.5 Å². The first-order valence-corrected chi connectivity index (χ1v) is 22.0. The molecule has 14 heteroatoms. The molecule has 2 aromatic rings. The van der Waals surface area contributed by atoms with Crippen LogP contribution in [0.15, 0.2) is 54.6 Å². The molecule has 2 aromatic carbocycles. The monoisotopic (exact) mass is 878 g/mol. The lowest BCUT2D eigenvalue weighted by atomic mass is 9.95. The Morgan fingerprint density at radius 1 is 0.921 bits per heavy atom. The van der Waals surface area contributed by atoms with Crippen LogP contribution in [-0.2, 0) is 35.0 Å². The van der Waals surface area contributed by atoms with E-state index in [1.54, 1.807) is 49.8 Å². The molecule has 2 amide bonds. The van der Waals surface area contributed by atoms with Crippen molar-refractivity contribution in [1.29, 1.82) is 0 Å². The van der Waals surface area contributed by atoms with Crippen molar-refractivity contribution in [3.05, 3.63) is 71.3 Å². The SMILES string of the molecule is COc1ccc(CO[C@H](/C=C\[C@@H](C)[C@H](C)O)[C@H]2OC(C)(C)O[C@H]2C/C=C/c2cc(N(CC3CCN(C(=O)OC(C)(C)C)CC3)C(=O)OC(C)(C)C)cc3c2C(=O)OC(C)(C)O3)cc1. The predicted octanol–water partition coefficient (Wildman–Crippen LogP) is 9.45. The molecule has 348 valence electrons. The second-order valence-corrected chi connectivity index (χ2v) is 19.7. The Bertz CT molecular complexity index is 1950. The second-order valence-electron chi connectivity index (χ2n) is 19.7. The van der Waals surface area contributed by atoms with Crippen LogP contribution in [0.25, 0.3) is 6.08 Å². The van der Waals surface area contributed by atoms with Crippen LogP contribution >= 0.6 is 0 Å². The highest BCUT2D eigenvalue weighted by molar-refractivity contribution is 6.00. The van der Waals surface area contributed by atoms with Gasteiger partial charge < -0.3 is 47.9 Å². The van der Waals surface area contributed by atoms with E-state index in [2.05, 4.69) is 0 Å². The Morgan fingerprint density at radius 3 is 2.17 bits per heavy atom. The van der Waals surface area contributed by atoms with E-state index in [0.29, 0.717) is 56.8 Å². The van der Waals surface area contributed by atoms with Crippen LogP contribution in [-0.4, -0.2) is 102 Å². The molecule has 0 aromatic heterocycles. The zero-order valence-electron chi connectivity index (χ0n) is 39.5. The smallest absolute Gasteiger partial charge is 0.414 e. The van der Waals surface area contributed by atoms with E-state index >= 15 is 0 Å². The number of hydrogen-bond donors (Lipinski definition) is 1. The summed E-state index contributed by atoms with van der Waals surface area (Å²) in [5.41, 5.74) is 0.726. The molecule has 1 N–H and O–H groups in total. The third kappa shape index (κ3) is 14.2. The highest BCUT2D eigenvalue weighted by Crippen LogP contribution is 2.40. The van der Waals surface area contributed by atoms with Gasteiger partial charge in [0.05, 0.1) is 31.6 Å². The number of hydrogen-bond acceptors (Lipinski definition) is 12. The highest BCUT2D eigenvalue weighted by Gasteiger charge is 2.45. The van der Waals surface area contributed by atoms with Crippen LogP contribution in [0.4, 0.5) is 15.3 Å².